The minimum atomic E-state index is -1.00. The van der Waals surface area contributed by atoms with Crippen molar-refractivity contribution in [3.8, 4) is 0 Å². The Morgan fingerprint density at radius 2 is 2.26 bits per heavy atom. The molecule has 1 atom stereocenters. The van der Waals surface area contributed by atoms with E-state index in [9.17, 15) is 9.90 Å². The van der Waals surface area contributed by atoms with Crippen molar-refractivity contribution in [2.45, 2.75) is 12.6 Å². The van der Waals surface area contributed by atoms with E-state index in [1.54, 1.807) is 26.4 Å². The number of methoxy groups -OCH3 is 2. The average Bonchev–Trinajstić information content (AvgIpc) is 2.81. The lowest BCUT2D eigenvalue weighted by Crippen LogP contribution is -2.24. The number of carboxylic acid groups (broad SMARTS) is 1. The largest absolute Gasteiger partial charge is 0.478 e. The predicted molar refractivity (Wildman–Crippen MR) is 67.2 cm³/mol. The number of hydrogen-bond acceptors (Lipinski definition) is 5. The molecule has 19 heavy (non-hydrogen) atoms. The molecule has 1 heterocycles. The number of aromatic carboxylic acids is 1. The fourth-order valence-corrected chi connectivity index (χ4v) is 1.90. The van der Waals surface area contributed by atoms with Gasteiger partial charge in [0, 0.05) is 14.2 Å². The van der Waals surface area contributed by atoms with Crippen LogP contribution in [0.15, 0.2) is 18.2 Å². The molecule has 0 amide bonds. The molecule has 0 spiro atoms. The van der Waals surface area contributed by atoms with Gasteiger partial charge < -0.3 is 14.6 Å². The van der Waals surface area contributed by atoms with E-state index in [0.29, 0.717) is 24.2 Å². The van der Waals surface area contributed by atoms with Crippen molar-refractivity contribution in [3.63, 3.8) is 0 Å². The molecule has 0 bridgehead atoms. The van der Waals surface area contributed by atoms with E-state index in [1.807, 2.05) is 0 Å². The van der Waals surface area contributed by atoms with E-state index in [4.69, 9.17) is 9.47 Å². The standard InChI is InChI=1S/C12H15N3O4/c1-18-7-8(19-2)6-15-11-9(12(16)17)4-3-5-10(11)13-14-15/h3-5,8H,6-7H2,1-2H3,(H,16,17). The van der Waals surface area contributed by atoms with Crippen molar-refractivity contribution in [3.05, 3.63) is 23.8 Å². The quantitative estimate of drug-likeness (QED) is 0.831. The zero-order valence-corrected chi connectivity index (χ0v) is 10.7. The van der Waals surface area contributed by atoms with Gasteiger partial charge in [-0.3, -0.25) is 0 Å². The molecule has 7 heteroatoms. The van der Waals surface area contributed by atoms with Crippen LogP contribution in [0.1, 0.15) is 10.4 Å². The predicted octanol–water partition coefficient (Wildman–Crippen LogP) is 0.791. The van der Waals surface area contributed by atoms with Gasteiger partial charge in [0.25, 0.3) is 0 Å². The van der Waals surface area contributed by atoms with E-state index < -0.39 is 5.97 Å². The molecular weight excluding hydrogens is 250 g/mol. The summed E-state index contributed by atoms with van der Waals surface area (Å²) in [5.41, 5.74) is 1.22. The Morgan fingerprint density at radius 1 is 1.47 bits per heavy atom. The van der Waals surface area contributed by atoms with Crippen LogP contribution in [0.25, 0.3) is 11.0 Å². The number of aromatic nitrogens is 3. The molecule has 2 aromatic rings. The Morgan fingerprint density at radius 3 is 2.89 bits per heavy atom. The Bertz CT molecular complexity index is 581. The lowest BCUT2D eigenvalue weighted by molar-refractivity contribution is 0.0167. The first-order chi connectivity index (χ1) is 9.17. The normalized spacial score (nSPS) is 12.7. The van der Waals surface area contributed by atoms with Crippen LogP contribution in [0.5, 0.6) is 0 Å². The molecule has 0 saturated carbocycles. The summed E-state index contributed by atoms with van der Waals surface area (Å²) < 4.78 is 11.8. The number of fused-ring (bicyclic) bond motifs is 1. The second-order valence-electron chi connectivity index (χ2n) is 4.06. The first-order valence-corrected chi connectivity index (χ1v) is 5.74. The highest BCUT2D eigenvalue weighted by molar-refractivity contribution is 6.00. The number of benzene rings is 1. The molecule has 0 aliphatic carbocycles. The highest BCUT2D eigenvalue weighted by Crippen LogP contribution is 2.17. The van der Waals surface area contributed by atoms with Crippen LogP contribution in [-0.2, 0) is 16.0 Å². The summed E-state index contributed by atoms with van der Waals surface area (Å²) in [6.07, 6.45) is -0.211. The van der Waals surface area contributed by atoms with Crippen molar-refractivity contribution in [1.82, 2.24) is 15.0 Å². The molecule has 0 radical (unpaired) electrons. The van der Waals surface area contributed by atoms with Gasteiger partial charge in [-0.25, -0.2) is 9.48 Å². The number of para-hydroxylation sites is 1. The van der Waals surface area contributed by atoms with Crippen molar-refractivity contribution < 1.29 is 19.4 Å². The first-order valence-electron chi connectivity index (χ1n) is 5.74. The number of nitrogens with zero attached hydrogens (tertiary/aromatic N) is 3. The van der Waals surface area contributed by atoms with Gasteiger partial charge in [-0.1, -0.05) is 11.3 Å². The number of rotatable bonds is 6. The van der Waals surface area contributed by atoms with Gasteiger partial charge in [0.15, 0.2) is 0 Å². The zero-order valence-electron chi connectivity index (χ0n) is 10.7. The fourth-order valence-electron chi connectivity index (χ4n) is 1.90. The maximum atomic E-state index is 11.2. The summed E-state index contributed by atoms with van der Waals surface area (Å²) >= 11 is 0. The van der Waals surface area contributed by atoms with Crippen molar-refractivity contribution in [2.75, 3.05) is 20.8 Å². The second kappa shape index (κ2) is 5.77. The summed E-state index contributed by atoms with van der Waals surface area (Å²) in [5, 5.41) is 17.1. The Labute approximate surface area is 109 Å². The van der Waals surface area contributed by atoms with E-state index in [-0.39, 0.29) is 11.7 Å². The van der Waals surface area contributed by atoms with Crippen molar-refractivity contribution in [2.24, 2.45) is 0 Å². The molecule has 0 aliphatic rings. The van der Waals surface area contributed by atoms with Crippen LogP contribution >= 0.6 is 0 Å². The Balaban J connectivity index is 2.40. The third kappa shape index (κ3) is 2.72. The lowest BCUT2D eigenvalue weighted by atomic mass is 10.2. The number of hydrogen-bond donors (Lipinski definition) is 1. The van der Waals surface area contributed by atoms with Crippen LogP contribution in [0.3, 0.4) is 0 Å². The molecule has 7 nitrogen and oxygen atoms in total. The molecule has 102 valence electrons. The van der Waals surface area contributed by atoms with Crippen LogP contribution in [0.2, 0.25) is 0 Å². The average molecular weight is 265 g/mol. The molecule has 0 saturated heterocycles. The second-order valence-corrected chi connectivity index (χ2v) is 4.06. The zero-order chi connectivity index (χ0) is 13.8. The molecule has 2 rings (SSSR count). The number of carboxylic acids is 1. The summed E-state index contributed by atoms with van der Waals surface area (Å²) in [6.45, 7) is 0.776. The minimum Gasteiger partial charge on any atom is -0.478 e. The van der Waals surface area contributed by atoms with Gasteiger partial charge >= 0.3 is 5.97 Å². The molecule has 1 aromatic heterocycles. The van der Waals surface area contributed by atoms with Gasteiger partial charge in [0.2, 0.25) is 0 Å². The Kier molecular flexibility index (Phi) is 4.08. The smallest absolute Gasteiger partial charge is 0.337 e. The minimum absolute atomic E-state index is 0.176. The van der Waals surface area contributed by atoms with Crippen molar-refractivity contribution >= 4 is 17.0 Å². The van der Waals surface area contributed by atoms with Gasteiger partial charge in [-0.2, -0.15) is 0 Å². The van der Waals surface area contributed by atoms with Gasteiger partial charge in [0.05, 0.1) is 18.7 Å². The van der Waals surface area contributed by atoms with Crippen molar-refractivity contribution in [1.29, 1.82) is 0 Å². The molecule has 1 N–H and O–H groups in total. The molecule has 0 aliphatic heterocycles. The number of carbonyl (C=O) groups is 1. The summed E-state index contributed by atoms with van der Waals surface area (Å²) in [7, 11) is 3.15. The summed E-state index contributed by atoms with van der Waals surface area (Å²) in [6, 6.07) is 4.90. The van der Waals surface area contributed by atoms with E-state index in [2.05, 4.69) is 10.3 Å². The first kappa shape index (κ1) is 13.4. The highest BCUT2D eigenvalue weighted by atomic mass is 16.5. The molecular formula is C12H15N3O4. The van der Waals surface area contributed by atoms with E-state index in [1.165, 1.54) is 10.7 Å². The van der Waals surface area contributed by atoms with E-state index >= 15 is 0 Å². The van der Waals surface area contributed by atoms with Crippen LogP contribution < -0.4 is 0 Å². The Hall–Kier alpha value is -1.99. The maximum Gasteiger partial charge on any atom is 0.337 e. The third-order valence-electron chi connectivity index (χ3n) is 2.83. The van der Waals surface area contributed by atoms with Gasteiger partial charge in [-0.15, -0.1) is 5.10 Å². The fraction of sp³-hybridized carbons (Fsp3) is 0.417. The SMILES string of the molecule is COCC(Cn1nnc2cccc(C(=O)O)c21)OC. The van der Waals surface area contributed by atoms with Gasteiger partial charge in [-0.05, 0) is 12.1 Å². The van der Waals surface area contributed by atoms with Gasteiger partial charge in [0.1, 0.15) is 17.1 Å². The summed E-state index contributed by atoms with van der Waals surface area (Å²) in [5.74, 6) is -1.00. The van der Waals surface area contributed by atoms with Crippen LogP contribution in [0.4, 0.5) is 0 Å². The topological polar surface area (TPSA) is 86.5 Å². The van der Waals surface area contributed by atoms with E-state index in [0.717, 1.165) is 0 Å². The summed E-state index contributed by atoms with van der Waals surface area (Å²) in [4.78, 5) is 11.2. The highest BCUT2D eigenvalue weighted by Gasteiger charge is 2.17. The third-order valence-corrected chi connectivity index (χ3v) is 2.83. The lowest BCUT2D eigenvalue weighted by Gasteiger charge is -2.14. The molecule has 1 unspecified atom stereocenters. The maximum absolute atomic E-state index is 11.2. The monoisotopic (exact) mass is 265 g/mol. The molecule has 1 aromatic carbocycles. The van der Waals surface area contributed by atoms with Crippen LogP contribution in [0, 0.1) is 0 Å². The van der Waals surface area contributed by atoms with Crippen LogP contribution in [-0.4, -0.2) is 53.0 Å². The molecule has 0 fully saturated rings. The number of ether oxygens (including phenoxy) is 2.